The second kappa shape index (κ2) is 10.7. The fourth-order valence-corrected chi connectivity index (χ4v) is 5.69. The molecule has 0 spiro atoms. The number of hydrogen-bond donors (Lipinski definition) is 3. The normalized spacial score (nSPS) is 26.5. The molecule has 1 heterocycles. The Morgan fingerprint density at radius 2 is 1.66 bits per heavy atom. The van der Waals surface area contributed by atoms with E-state index >= 15 is 0 Å². The zero-order valence-corrected chi connectivity index (χ0v) is 24.4. The number of hydrogen-bond acceptors (Lipinski definition) is 7. The first-order chi connectivity index (χ1) is 17.4. The predicted molar refractivity (Wildman–Crippen MR) is 141 cm³/mol. The average molecular weight is 538 g/mol. The van der Waals surface area contributed by atoms with Gasteiger partial charge < -0.3 is 30.1 Å². The monoisotopic (exact) mass is 537 g/mol. The smallest absolute Gasteiger partial charge is 0.408 e. The van der Waals surface area contributed by atoms with Crippen molar-refractivity contribution in [2.75, 3.05) is 13.2 Å². The van der Waals surface area contributed by atoms with Crippen molar-refractivity contribution in [2.45, 2.75) is 111 Å². The molecule has 2 saturated carbocycles. The molecule has 1 saturated heterocycles. The van der Waals surface area contributed by atoms with Gasteiger partial charge in [-0.25, -0.2) is 9.59 Å². The van der Waals surface area contributed by atoms with Gasteiger partial charge in [0.15, 0.2) is 6.10 Å². The van der Waals surface area contributed by atoms with Crippen LogP contribution in [-0.2, 0) is 23.9 Å². The molecule has 6 atom stereocenters. The highest BCUT2D eigenvalue weighted by Crippen LogP contribution is 2.65. The van der Waals surface area contributed by atoms with Gasteiger partial charge in [-0.3, -0.25) is 9.59 Å². The van der Waals surface area contributed by atoms with Crippen LogP contribution >= 0.6 is 0 Å². The zero-order chi connectivity index (χ0) is 28.8. The van der Waals surface area contributed by atoms with Crippen molar-refractivity contribution in [3.8, 4) is 0 Å². The molecular weight excluding hydrogens is 490 g/mol. The van der Waals surface area contributed by atoms with Crippen molar-refractivity contribution in [3.63, 3.8) is 0 Å². The number of fused-ring (bicyclic) bond motifs is 1. The molecule has 0 aromatic rings. The van der Waals surface area contributed by atoms with Crippen LogP contribution < -0.4 is 10.6 Å². The summed E-state index contributed by atoms with van der Waals surface area (Å²) in [6, 6.07) is -2.49. The lowest BCUT2D eigenvalue weighted by atomic mass is 9.85. The van der Waals surface area contributed by atoms with Crippen LogP contribution in [0.1, 0.15) is 81.6 Å². The number of aliphatic hydroxyl groups excluding tert-OH is 1. The molecule has 10 heteroatoms. The van der Waals surface area contributed by atoms with E-state index in [1.54, 1.807) is 32.6 Å². The highest BCUT2D eigenvalue weighted by Gasteiger charge is 2.70. The van der Waals surface area contributed by atoms with Crippen LogP contribution in [0.2, 0.25) is 0 Å². The molecule has 0 aromatic carbocycles. The Labute approximate surface area is 226 Å². The Kier molecular flexibility index (Phi) is 8.47. The van der Waals surface area contributed by atoms with Gasteiger partial charge in [0.25, 0.3) is 0 Å². The van der Waals surface area contributed by atoms with E-state index in [0.717, 1.165) is 12.8 Å². The number of carbonyl (C=O) groups excluding carboxylic acids is 4. The van der Waals surface area contributed by atoms with E-state index in [1.165, 1.54) is 0 Å². The molecule has 2 aliphatic carbocycles. The number of esters is 1. The first kappa shape index (κ1) is 30.2. The minimum absolute atomic E-state index is 0.0603. The third-order valence-corrected chi connectivity index (χ3v) is 8.06. The molecule has 3 N–H and O–H groups in total. The number of rotatable bonds is 9. The average Bonchev–Trinajstić information content (AvgIpc) is 3.61. The van der Waals surface area contributed by atoms with E-state index in [-0.39, 0.29) is 29.8 Å². The molecule has 0 radical (unpaired) electrons. The quantitative estimate of drug-likeness (QED) is 0.385. The fraction of sp³-hybridized carbons (Fsp3) is 0.857. The topological polar surface area (TPSA) is 134 Å². The minimum atomic E-state index is -1.48. The molecule has 2 unspecified atom stereocenters. The highest BCUT2D eigenvalue weighted by molar-refractivity contribution is 5.93. The molecule has 0 bridgehead atoms. The Bertz CT molecular complexity index is 932. The van der Waals surface area contributed by atoms with Gasteiger partial charge in [-0.2, -0.15) is 0 Å². The molecule has 3 rings (SSSR count). The van der Waals surface area contributed by atoms with Crippen molar-refractivity contribution in [3.05, 3.63) is 0 Å². The lowest BCUT2D eigenvalue weighted by Crippen LogP contribution is -2.61. The third kappa shape index (κ3) is 6.79. The molecule has 216 valence electrons. The predicted octanol–water partition coefficient (Wildman–Crippen LogP) is 2.62. The number of nitrogens with one attached hydrogen (secondary N) is 2. The summed E-state index contributed by atoms with van der Waals surface area (Å²) in [6.07, 6.45) is 0.256. The number of amides is 3. The van der Waals surface area contributed by atoms with Gasteiger partial charge in [-0.15, -0.1) is 0 Å². The number of likely N-dealkylation sites (tertiary alicyclic amines) is 1. The summed E-state index contributed by atoms with van der Waals surface area (Å²) in [5.74, 6) is -1.10. The van der Waals surface area contributed by atoms with Crippen molar-refractivity contribution in [1.82, 2.24) is 15.5 Å². The molecule has 3 fully saturated rings. The number of aliphatic hydroxyl groups is 1. The summed E-state index contributed by atoms with van der Waals surface area (Å²) in [6.45, 7) is 17.1. The van der Waals surface area contributed by atoms with Gasteiger partial charge in [-0.05, 0) is 62.7 Å². The van der Waals surface area contributed by atoms with Gasteiger partial charge in [0.1, 0.15) is 17.7 Å². The maximum atomic E-state index is 13.9. The Morgan fingerprint density at radius 3 is 2.16 bits per heavy atom. The summed E-state index contributed by atoms with van der Waals surface area (Å²) in [5, 5.41) is 16.3. The van der Waals surface area contributed by atoms with Crippen molar-refractivity contribution < 1.29 is 33.8 Å². The molecule has 3 aliphatic rings. The van der Waals surface area contributed by atoms with Crippen LogP contribution in [0.15, 0.2) is 0 Å². The van der Waals surface area contributed by atoms with Crippen molar-refractivity contribution in [2.24, 2.45) is 28.6 Å². The lowest BCUT2D eigenvalue weighted by molar-refractivity contribution is -0.155. The minimum Gasteiger partial charge on any atom is -0.464 e. The fourth-order valence-electron chi connectivity index (χ4n) is 5.69. The van der Waals surface area contributed by atoms with Crippen LogP contribution in [0, 0.1) is 28.6 Å². The molecular formula is C28H47N3O7. The van der Waals surface area contributed by atoms with E-state index in [4.69, 9.17) is 9.47 Å². The third-order valence-electron chi connectivity index (χ3n) is 8.06. The first-order valence-corrected chi connectivity index (χ1v) is 13.8. The summed E-state index contributed by atoms with van der Waals surface area (Å²) in [7, 11) is 0. The van der Waals surface area contributed by atoms with Gasteiger partial charge in [0, 0.05) is 6.54 Å². The summed E-state index contributed by atoms with van der Waals surface area (Å²) < 4.78 is 10.4. The SMILES string of the molecule is CCOC(=O)C(O)C(CC1CC1)NC(=O)[C@@H]1[C@@H]2[C@H](CN1C(=O)[C@@H](NC(=O)OC(C)(C)C)C(C)(C)C)C2(C)C. The van der Waals surface area contributed by atoms with Crippen LogP contribution in [-0.4, -0.2) is 76.9 Å². The molecule has 1 aliphatic heterocycles. The van der Waals surface area contributed by atoms with Crippen molar-refractivity contribution in [1.29, 1.82) is 0 Å². The molecule has 10 nitrogen and oxygen atoms in total. The maximum Gasteiger partial charge on any atom is 0.408 e. The zero-order valence-electron chi connectivity index (χ0n) is 24.4. The number of nitrogens with zero attached hydrogens (tertiary/aromatic N) is 1. The van der Waals surface area contributed by atoms with Gasteiger partial charge in [0.05, 0.1) is 12.6 Å². The Morgan fingerprint density at radius 1 is 1.05 bits per heavy atom. The largest absolute Gasteiger partial charge is 0.464 e. The number of ether oxygens (including phenoxy) is 2. The molecule has 38 heavy (non-hydrogen) atoms. The summed E-state index contributed by atoms with van der Waals surface area (Å²) in [4.78, 5) is 54.2. The first-order valence-electron chi connectivity index (χ1n) is 13.8. The second-order valence-electron chi connectivity index (χ2n) is 13.8. The van der Waals surface area contributed by atoms with Crippen LogP contribution in [0.3, 0.4) is 0 Å². The van der Waals surface area contributed by atoms with E-state index in [2.05, 4.69) is 24.5 Å². The molecule has 0 aromatic heterocycles. The Hall–Kier alpha value is -2.36. The molecule has 3 amide bonds. The maximum absolute atomic E-state index is 13.9. The summed E-state index contributed by atoms with van der Waals surface area (Å²) in [5.41, 5.74) is -1.50. The second-order valence-corrected chi connectivity index (χ2v) is 13.8. The van der Waals surface area contributed by atoms with Gasteiger partial charge >= 0.3 is 12.1 Å². The van der Waals surface area contributed by atoms with E-state index in [1.807, 2.05) is 20.8 Å². The van der Waals surface area contributed by atoms with Crippen LogP contribution in [0.4, 0.5) is 4.79 Å². The van der Waals surface area contributed by atoms with Gasteiger partial charge in [0.2, 0.25) is 11.8 Å². The Balaban J connectivity index is 1.82. The van der Waals surface area contributed by atoms with E-state index < -0.39 is 53.2 Å². The van der Waals surface area contributed by atoms with Crippen LogP contribution in [0.5, 0.6) is 0 Å². The number of alkyl carbamates (subject to hydrolysis) is 1. The standard InChI is InChI=1S/C28H47N3O7/c1-10-37-24(35)20(32)17(13-15-11-12-15)29-22(33)19-18-16(28(18,8)9)14-31(19)23(34)21(26(2,3)4)30-25(36)38-27(5,6)7/h15-21,32H,10-14H2,1-9H3,(H,29,33)(H,30,36)/t16-,17?,18-,19-,20?,21+/m0/s1. The van der Waals surface area contributed by atoms with Gasteiger partial charge in [-0.1, -0.05) is 47.5 Å². The van der Waals surface area contributed by atoms with E-state index in [9.17, 15) is 24.3 Å². The number of piperidine rings is 1. The summed E-state index contributed by atoms with van der Waals surface area (Å²) >= 11 is 0. The highest BCUT2D eigenvalue weighted by atomic mass is 16.6. The van der Waals surface area contributed by atoms with Crippen LogP contribution in [0.25, 0.3) is 0 Å². The number of carbonyl (C=O) groups is 4. The lowest BCUT2D eigenvalue weighted by Gasteiger charge is -2.38. The van der Waals surface area contributed by atoms with Crippen molar-refractivity contribution >= 4 is 23.9 Å². The van der Waals surface area contributed by atoms with E-state index in [0.29, 0.717) is 18.9 Å².